The summed E-state index contributed by atoms with van der Waals surface area (Å²) >= 11 is 0. The molecule has 0 spiro atoms. The van der Waals surface area contributed by atoms with E-state index in [1.807, 2.05) is 12.2 Å². The smallest absolute Gasteiger partial charge is 0.143 e. The number of nitrogens with zero attached hydrogens (tertiary/aromatic N) is 1. The zero-order valence-corrected chi connectivity index (χ0v) is 26.7. The minimum Gasteiger partial charge on any atom is -0.455 e. The van der Waals surface area contributed by atoms with Crippen LogP contribution in [0.1, 0.15) is 11.1 Å². The predicted octanol–water partition coefficient (Wildman–Crippen LogP) is 13.4. The number of hydrogen-bond donors (Lipinski definition) is 0. The van der Waals surface area contributed by atoms with Crippen LogP contribution in [0.4, 0.5) is 0 Å². The molecule has 10 rings (SSSR count). The van der Waals surface area contributed by atoms with Crippen molar-refractivity contribution in [3.63, 3.8) is 0 Å². The molecule has 0 aliphatic rings. The van der Waals surface area contributed by atoms with E-state index in [2.05, 4.69) is 153 Å². The molecule has 0 N–H and O–H groups in total. The average molecular weight is 624 g/mol. The lowest BCUT2D eigenvalue weighted by molar-refractivity contribution is 0.670. The van der Waals surface area contributed by atoms with Crippen LogP contribution < -0.4 is 0 Å². The first kappa shape index (κ1) is 27.6. The van der Waals surface area contributed by atoms with Crippen molar-refractivity contribution in [2.45, 2.75) is 0 Å². The molecule has 0 radical (unpaired) electrons. The number of furan rings is 1. The average Bonchev–Trinajstić information content (AvgIpc) is 3.56. The van der Waals surface area contributed by atoms with Gasteiger partial charge in [0.25, 0.3) is 0 Å². The zero-order valence-electron chi connectivity index (χ0n) is 26.7. The molecule has 0 aliphatic heterocycles. The van der Waals surface area contributed by atoms with Gasteiger partial charge in [-0.15, -0.1) is 0 Å². The van der Waals surface area contributed by atoms with E-state index in [-0.39, 0.29) is 0 Å². The third-order valence-corrected chi connectivity index (χ3v) is 10.2. The number of pyridine rings is 1. The van der Waals surface area contributed by atoms with Crippen LogP contribution in [0.2, 0.25) is 0 Å². The molecule has 0 amide bonds. The van der Waals surface area contributed by atoms with Gasteiger partial charge < -0.3 is 4.42 Å². The highest BCUT2D eigenvalue weighted by atomic mass is 16.3. The van der Waals surface area contributed by atoms with E-state index in [4.69, 9.17) is 9.40 Å². The van der Waals surface area contributed by atoms with Crippen LogP contribution in [0.3, 0.4) is 0 Å². The minimum atomic E-state index is 0.845. The maximum Gasteiger partial charge on any atom is 0.143 e. The number of rotatable bonds is 4. The standard InChI is InChI=1S/C47H29NO/c1-3-28-27-40(47-44(34(28)4-2)43-36-18-9-6-13-30(36)22-25-41(43)49-47)32-15-11-16-33(26-32)45-38-23-20-29-12-5-8-17-35(29)42(38)39-24-21-31-14-7-10-19-37(31)46(39)48-45/h3-27H,1-2H2. The molecule has 0 bridgehead atoms. The zero-order chi connectivity index (χ0) is 32.6. The van der Waals surface area contributed by atoms with Crippen LogP contribution in [0.5, 0.6) is 0 Å². The molecule has 228 valence electrons. The highest BCUT2D eigenvalue weighted by Crippen LogP contribution is 2.45. The normalized spacial score (nSPS) is 11.8. The third-order valence-electron chi connectivity index (χ3n) is 10.2. The molecule has 2 heteroatoms. The summed E-state index contributed by atoms with van der Waals surface area (Å²) in [7, 11) is 0. The Morgan fingerprint density at radius 1 is 0.490 bits per heavy atom. The Bertz CT molecular complexity index is 3030. The third kappa shape index (κ3) is 3.98. The van der Waals surface area contributed by atoms with Crippen molar-refractivity contribution < 1.29 is 4.42 Å². The Kier molecular flexibility index (Phi) is 5.91. The first-order valence-electron chi connectivity index (χ1n) is 16.6. The molecule has 2 aromatic heterocycles. The van der Waals surface area contributed by atoms with Crippen LogP contribution in [-0.2, 0) is 0 Å². The van der Waals surface area contributed by atoms with E-state index < -0.39 is 0 Å². The topological polar surface area (TPSA) is 26.0 Å². The van der Waals surface area contributed by atoms with Gasteiger partial charge >= 0.3 is 0 Å². The molecule has 49 heavy (non-hydrogen) atoms. The molecule has 0 aliphatic carbocycles. The van der Waals surface area contributed by atoms with E-state index in [9.17, 15) is 0 Å². The molecule has 0 unspecified atom stereocenters. The second kappa shape index (κ2) is 10.5. The summed E-state index contributed by atoms with van der Waals surface area (Å²) < 4.78 is 6.76. The van der Waals surface area contributed by atoms with Gasteiger partial charge in [0.2, 0.25) is 0 Å². The summed E-state index contributed by atoms with van der Waals surface area (Å²) in [5.74, 6) is 0. The van der Waals surface area contributed by atoms with Gasteiger partial charge in [-0.05, 0) is 61.8 Å². The Morgan fingerprint density at radius 3 is 1.86 bits per heavy atom. The van der Waals surface area contributed by atoms with Crippen molar-refractivity contribution in [1.82, 2.24) is 4.98 Å². The SMILES string of the molecule is C=Cc1cc(-c2cccc(-c3nc4c5ccccc5ccc4c4c3ccc3ccccc34)c2)c2oc3ccc4ccccc4c3c2c1C=C. The lowest BCUT2D eigenvalue weighted by Crippen LogP contribution is -1.93. The van der Waals surface area contributed by atoms with E-state index in [1.165, 1.54) is 26.9 Å². The van der Waals surface area contributed by atoms with Crippen LogP contribution >= 0.6 is 0 Å². The van der Waals surface area contributed by atoms with Gasteiger partial charge in [0.05, 0.1) is 11.2 Å². The molecule has 2 nitrogen and oxygen atoms in total. The van der Waals surface area contributed by atoms with E-state index in [1.54, 1.807) is 0 Å². The summed E-state index contributed by atoms with van der Waals surface area (Å²) in [6, 6.07) is 49.7. The van der Waals surface area contributed by atoms with Gasteiger partial charge in [-0.25, -0.2) is 4.98 Å². The van der Waals surface area contributed by atoms with Gasteiger partial charge in [-0.2, -0.15) is 0 Å². The molecule has 0 saturated carbocycles. The van der Waals surface area contributed by atoms with Crippen LogP contribution in [0.15, 0.2) is 157 Å². The molecule has 8 aromatic carbocycles. The fraction of sp³-hybridized carbons (Fsp3) is 0. The number of fused-ring (bicyclic) bond motifs is 12. The molecule has 0 atom stereocenters. The number of benzene rings is 8. The summed E-state index contributed by atoms with van der Waals surface area (Å²) in [5.41, 5.74) is 8.84. The molecule has 0 fully saturated rings. The van der Waals surface area contributed by atoms with Crippen molar-refractivity contribution in [2.75, 3.05) is 0 Å². The van der Waals surface area contributed by atoms with Crippen LogP contribution in [0, 0.1) is 0 Å². The van der Waals surface area contributed by atoms with Gasteiger partial charge in [-0.1, -0.05) is 147 Å². The van der Waals surface area contributed by atoms with Crippen LogP contribution in [-0.4, -0.2) is 4.98 Å². The number of hydrogen-bond acceptors (Lipinski definition) is 2. The fourth-order valence-electron chi connectivity index (χ4n) is 7.92. The highest BCUT2D eigenvalue weighted by molar-refractivity contribution is 6.26. The van der Waals surface area contributed by atoms with Crippen molar-refractivity contribution in [2.24, 2.45) is 0 Å². The summed E-state index contributed by atoms with van der Waals surface area (Å²) in [5, 5.41) is 12.8. The highest BCUT2D eigenvalue weighted by Gasteiger charge is 2.21. The summed E-state index contributed by atoms with van der Waals surface area (Å²) in [6.45, 7) is 8.41. The van der Waals surface area contributed by atoms with Gasteiger partial charge in [0.15, 0.2) is 0 Å². The number of aromatic nitrogens is 1. The maximum atomic E-state index is 6.76. The second-order valence-electron chi connectivity index (χ2n) is 12.7. The lowest BCUT2D eigenvalue weighted by Gasteiger charge is -2.15. The molecule has 0 saturated heterocycles. The first-order valence-corrected chi connectivity index (χ1v) is 16.6. The van der Waals surface area contributed by atoms with E-state index in [0.717, 1.165) is 82.5 Å². The quantitative estimate of drug-likeness (QED) is 0.182. The second-order valence-corrected chi connectivity index (χ2v) is 12.7. The van der Waals surface area contributed by atoms with Crippen molar-refractivity contribution in [3.8, 4) is 22.4 Å². The van der Waals surface area contributed by atoms with Gasteiger partial charge in [-0.3, -0.25) is 0 Å². The minimum absolute atomic E-state index is 0.845. The molecular weight excluding hydrogens is 595 g/mol. The monoisotopic (exact) mass is 623 g/mol. The molecular formula is C47H29NO. The maximum absolute atomic E-state index is 6.76. The van der Waals surface area contributed by atoms with E-state index >= 15 is 0 Å². The van der Waals surface area contributed by atoms with Crippen molar-refractivity contribution in [3.05, 3.63) is 164 Å². The van der Waals surface area contributed by atoms with Crippen molar-refractivity contribution in [1.29, 1.82) is 0 Å². The lowest BCUT2D eigenvalue weighted by atomic mass is 9.90. The summed E-state index contributed by atoms with van der Waals surface area (Å²) in [6.07, 6.45) is 3.85. The Balaban J connectivity index is 1.30. The summed E-state index contributed by atoms with van der Waals surface area (Å²) in [4.78, 5) is 5.48. The van der Waals surface area contributed by atoms with Gasteiger partial charge in [0, 0.05) is 43.4 Å². The van der Waals surface area contributed by atoms with E-state index in [0.29, 0.717) is 0 Å². The first-order chi connectivity index (χ1) is 24.2. The Morgan fingerprint density at radius 2 is 1.12 bits per heavy atom. The van der Waals surface area contributed by atoms with Crippen molar-refractivity contribution >= 4 is 88.1 Å². The van der Waals surface area contributed by atoms with Gasteiger partial charge in [0.1, 0.15) is 11.2 Å². The fourth-order valence-corrected chi connectivity index (χ4v) is 7.92. The molecule has 10 aromatic rings. The van der Waals surface area contributed by atoms with Crippen LogP contribution in [0.25, 0.3) is 110 Å². The molecule has 2 heterocycles. The Hall–Kier alpha value is -6.51. The Labute approximate surface area is 282 Å². The largest absolute Gasteiger partial charge is 0.455 e. The predicted molar refractivity (Wildman–Crippen MR) is 210 cm³/mol.